The Morgan fingerprint density at radius 1 is 0.700 bits per heavy atom. The number of nitrogens with one attached hydrogen (secondary N) is 1. The highest BCUT2D eigenvalue weighted by Gasteiger charge is 2.15. The molecule has 30 heavy (non-hydrogen) atoms. The van der Waals surface area contributed by atoms with Gasteiger partial charge in [-0.3, -0.25) is 0 Å². The fourth-order valence-corrected chi connectivity index (χ4v) is 3.57. The summed E-state index contributed by atoms with van der Waals surface area (Å²) in [6.45, 7) is 1.37. The molecule has 146 valence electrons. The van der Waals surface area contributed by atoms with Crippen molar-refractivity contribution in [2.45, 2.75) is 13.1 Å². The highest BCUT2D eigenvalue weighted by Crippen LogP contribution is 2.27. The average molecular weight is 391 g/mol. The smallest absolute Gasteiger partial charge is 0.245 e. The van der Waals surface area contributed by atoms with Crippen molar-refractivity contribution < 1.29 is 0 Å². The number of hydrogen-bond donors (Lipinski definition) is 1. The summed E-state index contributed by atoms with van der Waals surface area (Å²) in [5.41, 5.74) is 6.21. The molecule has 5 aromatic rings. The summed E-state index contributed by atoms with van der Waals surface area (Å²) in [6.07, 6.45) is 0. The van der Waals surface area contributed by atoms with Gasteiger partial charge in [0.15, 0.2) is 5.65 Å². The van der Waals surface area contributed by atoms with Gasteiger partial charge in [-0.25, -0.2) is 0 Å². The fraction of sp³-hybridized carbons (Fsp3) is 0.0800. The van der Waals surface area contributed by atoms with E-state index in [1.54, 1.807) is 0 Å². The molecule has 5 heteroatoms. The zero-order valence-electron chi connectivity index (χ0n) is 16.4. The first-order valence-corrected chi connectivity index (χ1v) is 9.98. The maximum absolute atomic E-state index is 4.81. The normalized spacial score (nSPS) is 10.9. The number of benzene rings is 3. The lowest BCUT2D eigenvalue weighted by atomic mass is 10.1. The lowest BCUT2D eigenvalue weighted by Gasteiger charge is -2.11. The first kappa shape index (κ1) is 18.1. The first-order valence-electron chi connectivity index (χ1n) is 9.98. The van der Waals surface area contributed by atoms with Gasteiger partial charge >= 0.3 is 0 Å². The van der Waals surface area contributed by atoms with Crippen LogP contribution in [0.1, 0.15) is 11.1 Å². The van der Waals surface area contributed by atoms with Crippen LogP contribution in [0, 0.1) is 0 Å². The predicted octanol–water partition coefficient (Wildman–Crippen LogP) is 5.15. The molecule has 0 amide bonds. The van der Waals surface area contributed by atoms with E-state index in [9.17, 15) is 0 Å². The summed E-state index contributed by atoms with van der Waals surface area (Å²) in [5.74, 6) is 0.526. The minimum Gasteiger partial charge on any atom is -0.349 e. The SMILES string of the molecule is c1ccc(CNc2nnc3cc(-c4ccccc4)n(Cc4ccccc4)c3n2)cc1. The minimum atomic E-state index is 0.526. The van der Waals surface area contributed by atoms with Crippen LogP contribution in [0.4, 0.5) is 5.95 Å². The van der Waals surface area contributed by atoms with Crippen LogP contribution < -0.4 is 5.32 Å². The van der Waals surface area contributed by atoms with E-state index in [0.29, 0.717) is 19.0 Å². The average Bonchev–Trinajstić information content (AvgIpc) is 3.17. The Morgan fingerprint density at radius 3 is 2.03 bits per heavy atom. The van der Waals surface area contributed by atoms with Crippen LogP contribution in [-0.2, 0) is 13.1 Å². The zero-order chi connectivity index (χ0) is 20.2. The molecular formula is C25H21N5. The summed E-state index contributed by atoms with van der Waals surface area (Å²) in [5, 5.41) is 12.0. The van der Waals surface area contributed by atoms with Crippen molar-refractivity contribution in [1.82, 2.24) is 19.7 Å². The molecule has 0 saturated carbocycles. The van der Waals surface area contributed by atoms with Gasteiger partial charge in [-0.1, -0.05) is 91.0 Å². The fourth-order valence-electron chi connectivity index (χ4n) is 3.57. The maximum Gasteiger partial charge on any atom is 0.245 e. The maximum atomic E-state index is 4.81. The quantitative estimate of drug-likeness (QED) is 0.435. The minimum absolute atomic E-state index is 0.526. The summed E-state index contributed by atoms with van der Waals surface area (Å²) in [6, 6.07) is 33.0. The van der Waals surface area contributed by atoms with Crippen LogP contribution in [0.2, 0.25) is 0 Å². The zero-order valence-corrected chi connectivity index (χ0v) is 16.4. The van der Waals surface area contributed by atoms with Gasteiger partial charge in [0.2, 0.25) is 5.95 Å². The predicted molar refractivity (Wildman–Crippen MR) is 120 cm³/mol. The van der Waals surface area contributed by atoms with E-state index >= 15 is 0 Å². The van der Waals surface area contributed by atoms with Crippen LogP contribution in [0.15, 0.2) is 97.1 Å². The van der Waals surface area contributed by atoms with E-state index < -0.39 is 0 Å². The summed E-state index contributed by atoms with van der Waals surface area (Å²) >= 11 is 0. The molecule has 1 N–H and O–H groups in total. The van der Waals surface area contributed by atoms with Gasteiger partial charge in [0.1, 0.15) is 5.52 Å². The highest BCUT2D eigenvalue weighted by atomic mass is 15.3. The number of rotatable bonds is 6. The van der Waals surface area contributed by atoms with Gasteiger partial charge in [-0.2, -0.15) is 4.98 Å². The molecule has 5 rings (SSSR count). The van der Waals surface area contributed by atoms with Gasteiger partial charge in [-0.05, 0) is 22.8 Å². The van der Waals surface area contributed by atoms with E-state index in [4.69, 9.17) is 4.98 Å². The summed E-state index contributed by atoms with van der Waals surface area (Å²) in [7, 11) is 0. The second-order valence-electron chi connectivity index (χ2n) is 7.15. The molecule has 3 aromatic carbocycles. The topological polar surface area (TPSA) is 55.6 Å². The molecule has 0 fully saturated rings. The third kappa shape index (κ3) is 3.78. The van der Waals surface area contributed by atoms with E-state index in [1.807, 2.05) is 42.5 Å². The second-order valence-corrected chi connectivity index (χ2v) is 7.15. The molecule has 0 aliphatic heterocycles. The Bertz CT molecular complexity index is 1250. The Morgan fingerprint density at radius 2 is 1.33 bits per heavy atom. The van der Waals surface area contributed by atoms with Crippen molar-refractivity contribution in [3.8, 4) is 11.3 Å². The van der Waals surface area contributed by atoms with Crippen LogP contribution in [-0.4, -0.2) is 19.7 Å². The first-order chi connectivity index (χ1) is 14.9. The van der Waals surface area contributed by atoms with Gasteiger partial charge in [-0.15, -0.1) is 10.2 Å². The molecule has 0 aliphatic rings. The number of hydrogen-bond acceptors (Lipinski definition) is 4. The molecule has 0 bridgehead atoms. The van der Waals surface area contributed by atoms with E-state index in [-0.39, 0.29) is 0 Å². The standard InChI is InChI=1S/C25H21N5/c1-4-10-19(11-5-1)17-26-25-27-24-22(28-29-25)16-23(21-14-8-3-9-15-21)30(24)18-20-12-6-2-7-13-20/h1-16H,17-18H2,(H,26,27,29). The van der Waals surface area contributed by atoms with Gasteiger partial charge in [0.25, 0.3) is 0 Å². The molecule has 0 unspecified atom stereocenters. The van der Waals surface area contributed by atoms with Gasteiger partial charge in [0, 0.05) is 13.1 Å². The van der Waals surface area contributed by atoms with Crippen molar-refractivity contribution in [2.24, 2.45) is 0 Å². The van der Waals surface area contributed by atoms with E-state index in [1.165, 1.54) is 11.1 Å². The molecule has 0 radical (unpaired) electrons. The monoisotopic (exact) mass is 391 g/mol. The van der Waals surface area contributed by atoms with Crippen molar-refractivity contribution in [3.05, 3.63) is 108 Å². The lowest BCUT2D eigenvalue weighted by Crippen LogP contribution is -2.07. The third-order valence-electron chi connectivity index (χ3n) is 5.06. The van der Waals surface area contributed by atoms with Crippen LogP contribution in [0.25, 0.3) is 22.4 Å². The Labute approximate surface area is 175 Å². The second kappa shape index (κ2) is 8.17. The third-order valence-corrected chi connectivity index (χ3v) is 5.06. The molecule has 2 heterocycles. The van der Waals surface area contributed by atoms with Crippen molar-refractivity contribution in [3.63, 3.8) is 0 Å². The molecule has 0 atom stereocenters. The Kier molecular flexibility index (Phi) is 4.92. The van der Waals surface area contributed by atoms with Crippen LogP contribution >= 0.6 is 0 Å². The van der Waals surface area contributed by atoms with Crippen molar-refractivity contribution in [2.75, 3.05) is 5.32 Å². The largest absolute Gasteiger partial charge is 0.349 e. The molecule has 2 aromatic heterocycles. The van der Waals surface area contributed by atoms with Crippen LogP contribution in [0.3, 0.4) is 0 Å². The molecule has 5 nitrogen and oxygen atoms in total. The number of nitrogens with zero attached hydrogens (tertiary/aromatic N) is 4. The number of fused-ring (bicyclic) bond motifs is 1. The lowest BCUT2D eigenvalue weighted by molar-refractivity contribution is 0.826. The van der Waals surface area contributed by atoms with Crippen molar-refractivity contribution in [1.29, 1.82) is 0 Å². The Hall–Kier alpha value is -3.99. The number of aromatic nitrogens is 4. The molecular weight excluding hydrogens is 370 g/mol. The van der Waals surface area contributed by atoms with Crippen LogP contribution in [0.5, 0.6) is 0 Å². The van der Waals surface area contributed by atoms with Crippen molar-refractivity contribution >= 4 is 17.1 Å². The van der Waals surface area contributed by atoms with E-state index in [0.717, 1.165) is 22.4 Å². The van der Waals surface area contributed by atoms with E-state index in [2.05, 4.69) is 74.7 Å². The number of anilines is 1. The van der Waals surface area contributed by atoms with Gasteiger partial charge in [0.05, 0.1) is 5.69 Å². The molecule has 0 aliphatic carbocycles. The van der Waals surface area contributed by atoms with Gasteiger partial charge < -0.3 is 9.88 Å². The summed E-state index contributed by atoms with van der Waals surface area (Å²) in [4.78, 5) is 4.81. The molecule has 0 spiro atoms. The Balaban J connectivity index is 1.55. The summed E-state index contributed by atoms with van der Waals surface area (Å²) < 4.78 is 2.21. The molecule has 0 saturated heterocycles. The highest BCUT2D eigenvalue weighted by molar-refractivity contribution is 5.81.